The second-order valence-corrected chi connectivity index (χ2v) is 15.1. The van der Waals surface area contributed by atoms with E-state index in [2.05, 4.69) is 153 Å². The smallest absolute Gasteiger partial charge is 0.0987 e. The van der Waals surface area contributed by atoms with Crippen LogP contribution in [0.1, 0.15) is 36.0 Å². The van der Waals surface area contributed by atoms with Gasteiger partial charge in [-0.15, -0.1) is 11.3 Å². The van der Waals surface area contributed by atoms with Crippen LogP contribution in [-0.4, -0.2) is 9.97 Å². The molecule has 3 heteroatoms. The first kappa shape index (κ1) is 30.9. The normalized spacial score (nSPS) is 12.5. The molecular formula is C49H36N2S. The van der Waals surface area contributed by atoms with Crippen LogP contribution in [0.3, 0.4) is 0 Å². The van der Waals surface area contributed by atoms with Crippen molar-refractivity contribution >= 4 is 64.1 Å². The molecule has 0 aliphatic carbocycles. The molecule has 0 fully saturated rings. The Kier molecular flexibility index (Phi) is 7.37. The van der Waals surface area contributed by atoms with Crippen molar-refractivity contribution in [3.63, 3.8) is 0 Å². The number of nitrogens with zero attached hydrogens (tertiary/aromatic N) is 2. The van der Waals surface area contributed by atoms with Crippen molar-refractivity contribution in [2.24, 2.45) is 0 Å². The molecule has 1 atom stereocenters. The molecule has 0 radical (unpaired) electrons. The lowest BCUT2D eigenvalue weighted by molar-refractivity contribution is 0.662. The van der Waals surface area contributed by atoms with Gasteiger partial charge in [-0.1, -0.05) is 134 Å². The molecule has 0 saturated heterocycles. The second kappa shape index (κ2) is 12.4. The van der Waals surface area contributed by atoms with Crippen LogP contribution in [0.15, 0.2) is 152 Å². The zero-order valence-electron chi connectivity index (χ0n) is 29.2. The lowest BCUT2D eigenvalue weighted by atomic mass is 9.83. The molecule has 10 rings (SSSR count). The maximum absolute atomic E-state index is 5.32. The number of aryl methyl sites for hydroxylation is 1. The van der Waals surface area contributed by atoms with Crippen LogP contribution in [0.4, 0.5) is 0 Å². The number of hydrogen-bond acceptors (Lipinski definition) is 3. The molecule has 8 aromatic carbocycles. The number of para-hydroxylation sites is 2. The zero-order chi connectivity index (χ0) is 34.8. The minimum absolute atomic E-state index is 0.437. The quantitative estimate of drug-likeness (QED) is 0.156. The minimum atomic E-state index is 0.437. The summed E-state index contributed by atoms with van der Waals surface area (Å²) in [6.45, 7) is 4.61. The Labute approximate surface area is 307 Å². The first-order valence-electron chi connectivity index (χ1n) is 18.3. The number of aromatic nitrogens is 2. The molecule has 0 aliphatic heterocycles. The molecule has 0 saturated carbocycles. The van der Waals surface area contributed by atoms with E-state index in [1.54, 1.807) is 0 Å². The number of thiophene rings is 1. The molecule has 52 heavy (non-hydrogen) atoms. The third kappa shape index (κ3) is 4.92. The van der Waals surface area contributed by atoms with Crippen molar-refractivity contribution in [1.29, 1.82) is 0 Å². The van der Waals surface area contributed by atoms with Gasteiger partial charge in [0.05, 0.1) is 22.4 Å². The highest BCUT2D eigenvalue weighted by molar-refractivity contribution is 7.26. The van der Waals surface area contributed by atoms with Crippen LogP contribution < -0.4 is 0 Å². The van der Waals surface area contributed by atoms with Gasteiger partial charge in [-0.2, -0.15) is 0 Å². The molecule has 0 bridgehead atoms. The number of fused-ring (bicyclic) bond motifs is 4. The molecule has 2 nitrogen and oxygen atoms in total. The van der Waals surface area contributed by atoms with E-state index in [1.165, 1.54) is 69.5 Å². The van der Waals surface area contributed by atoms with E-state index in [9.17, 15) is 0 Å². The van der Waals surface area contributed by atoms with Gasteiger partial charge in [-0.3, -0.25) is 0 Å². The fourth-order valence-electron chi connectivity index (χ4n) is 8.46. The van der Waals surface area contributed by atoms with E-state index in [0.717, 1.165) is 46.4 Å². The highest BCUT2D eigenvalue weighted by atomic mass is 32.1. The fraction of sp³-hybridized carbons (Fsp3) is 0.102. The summed E-state index contributed by atoms with van der Waals surface area (Å²) in [5.41, 5.74) is 12.7. The van der Waals surface area contributed by atoms with Crippen LogP contribution in [0.2, 0.25) is 0 Å². The molecule has 2 heterocycles. The number of benzene rings is 8. The first-order chi connectivity index (χ1) is 25.7. The minimum Gasteiger partial charge on any atom is -0.244 e. The van der Waals surface area contributed by atoms with Crippen molar-refractivity contribution in [1.82, 2.24) is 9.97 Å². The van der Waals surface area contributed by atoms with Crippen molar-refractivity contribution in [3.8, 4) is 33.6 Å². The zero-order valence-corrected chi connectivity index (χ0v) is 30.0. The van der Waals surface area contributed by atoms with E-state index in [0.29, 0.717) is 5.92 Å². The van der Waals surface area contributed by atoms with Crippen molar-refractivity contribution < 1.29 is 0 Å². The van der Waals surface area contributed by atoms with Gasteiger partial charge >= 0.3 is 0 Å². The Morgan fingerprint density at radius 2 is 1.21 bits per heavy atom. The Bertz CT molecular complexity index is 2920. The predicted molar refractivity (Wildman–Crippen MR) is 223 cm³/mol. The highest BCUT2D eigenvalue weighted by Crippen LogP contribution is 2.50. The summed E-state index contributed by atoms with van der Waals surface area (Å²) < 4.78 is 2.57. The molecule has 248 valence electrons. The van der Waals surface area contributed by atoms with E-state index in [-0.39, 0.29) is 0 Å². The third-order valence-corrected chi connectivity index (χ3v) is 12.2. The molecule has 0 N–H and O–H groups in total. The van der Waals surface area contributed by atoms with Crippen LogP contribution in [0, 0.1) is 6.92 Å². The van der Waals surface area contributed by atoms with Crippen LogP contribution in [0.25, 0.3) is 86.4 Å². The van der Waals surface area contributed by atoms with E-state index < -0.39 is 0 Å². The van der Waals surface area contributed by atoms with Gasteiger partial charge in [0, 0.05) is 31.3 Å². The van der Waals surface area contributed by atoms with Gasteiger partial charge < -0.3 is 0 Å². The standard InChI is InChI=1S/C49H36N2S/c1-3-32(28-31-15-6-4-7-16-31)34-19-10-11-20-35(34)39-29-41-36-21-14-24-44-45(36)46-37(40(41)27-30(39)2)25-26-38(49(46)52-44)48-47(33-17-8-5-9-18-33)50-42-22-12-13-23-43(42)51-48/h4-27,29,32H,3,28H2,1-2H3. The molecular weight excluding hydrogens is 649 g/mol. The van der Waals surface area contributed by atoms with Crippen molar-refractivity contribution in [2.75, 3.05) is 0 Å². The Hall–Kier alpha value is -5.90. The van der Waals surface area contributed by atoms with Gasteiger partial charge in [-0.05, 0) is 99.3 Å². The molecule has 0 spiro atoms. The Morgan fingerprint density at radius 3 is 2.00 bits per heavy atom. The van der Waals surface area contributed by atoms with E-state index >= 15 is 0 Å². The fourth-order valence-corrected chi connectivity index (χ4v) is 9.73. The van der Waals surface area contributed by atoms with Crippen LogP contribution >= 0.6 is 11.3 Å². The summed E-state index contributed by atoms with van der Waals surface area (Å²) in [6, 6.07) is 55.1. The summed E-state index contributed by atoms with van der Waals surface area (Å²) in [5.74, 6) is 0.437. The van der Waals surface area contributed by atoms with Gasteiger partial charge in [0.15, 0.2) is 0 Å². The topological polar surface area (TPSA) is 25.8 Å². The van der Waals surface area contributed by atoms with E-state index in [1.807, 2.05) is 23.5 Å². The van der Waals surface area contributed by atoms with Gasteiger partial charge in [0.1, 0.15) is 0 Å². The average Bonchev–Trinajstić information content (AvgIpc) is 3.60. The predicted octanol–water partition coefficient (Wildman–Crippen LogP) is 13.8. The lowest BCUT2D eigenvalue weighted by Gasteiger charge is -2.21. The molecule has 2 aromatic heterocycles. The first-order valence-corrected chi connectivity index (χ1v) is 19.1. The van der Waals surface area contributed by atoms with Gasteiger partial charge in [0.25, 0.3) is 0 Å². The maximum atomic E-state index is 5.32. The Balaban J connectivity index is 1.20. The molecule has 10 aromatic rings. The molecule has 1 unspecified atom stereocenters. The second-order valence-electron chi connectivity index (χ2n) is 14.0. The average molecular weight is 685 g/mol. The third-order valence-electron chi connectivity index (χ3n) is 11.0. The number of hydrogen-bond donors (Lipinski definition) is 0. The van der Waals surface area contributed by atoms with Gasteiger partial charge in [-0.25, -0.2) is 9.97 Å². The summed E-state index contributed by atoms with van der Waals surface area (Å²) in [7, 11) is 0. The van der Waals surface area contributed by atoms with Crippen LogP contribution in [0.5, 0.6) is 0 Å². The highest BCUT2D eigenvalue weighted by Gasteiger charge is 2.23. The molecule has 0 amide bonds. The van der Waals surface area contributed by atoms with Crippen molar-refractivity contribution in [2.45, 2.75) is 32.6 Å². The monoisotopic (exact) mass is 684 g/mol. The van der Waals surface area contributed by atoms with Crippen LogP contribution in [-0.2, 0) is 6.42 Å². The lowest BCUT2D eigenvalue weighted by Crippen LogP contribution is -2.04. The summed E-state index contributed by atoms with van der Waals surface area (Å²) in [4.78, 5) is 10.5. The summed E-state index contributed by atoms with van der Waals surface area (Å²) in [6.07, 6.45) is 2.12. The number of rotatable bonds is 7. The SMILES string of the molecule is CCC(Cc1ccccc1)c1ccccc1-c1cc2c(cc1C)c1ccc(-c3nc4ccccc4nc3-c3ccccc3)c3sc4cccc2c4c31. The summed E-state index contributed by atoms with van der Waals surface area (Å²) >= 11 is 1.88. The van der Waals surface area contributed by atoms with Crippen molar-refractivity contribution in [3.05, 3.63) is 168 Å². The van der Waals surface area contributed by atoms with Gasteiger partial charge in [0.2, 0.25) is 0 Å². The van der Waals surface area contributed by atoms with E-state index in [4.69, 9.17) is 9.97 Å². The Morgan fingerprint density at radius 1 is 0.538 bits per heavy atom. The largest absolute Gasteiger partial charge is 0.244 e. The maximum Gasteiger partial charge on any atom is 0.0987 e. The molecule has 0 aliphatic rings. The summed E-state index contributed by atoms with van der Waals surface area (Å²) in [5, 5.41) is 7.90.